The van der Waals surface area contributed by atoms with Crippen LogP contribution in [0.25, 0.3) is 0 Å². The highest BCUT2D eigenvalue weighted by molar-refractivity contribution is 5.98. The number of nitrogens with one attached hydrogen (secondary N) is 2. The quantitative estimate of drug-likeness (QED) is 0.449. The number of amides is 3. The third-order valence-electron chi connectivity index (χ3n) is 9.15. The standard InChI is InChI=1S/C32H48N4O4.2H2/c1-22(2)31(39)30(24-9-5-4-6-10-24)34-32(40)26-12-7-11-25(18-26)27-13-8-15-36(21-27)29(38)20-33-19-23-14-16-35(3)28(37)17-23;;/h7,11-12,18,22-24,27,30,33H,4-6,8-10,13-17,19-21H2,1-3H3,(H,34,40);2*1H/t23?,27?,30-;;/m1../s1. The molecule has 2 N–H and O–H groups in total. The van der Waals surface area contributed by atoms with Crippen molar-refractivity contribution in [3.8, 4) is 0 Å². The lowest BCUT2D eigenvalue weighted by Gasteiger charge is -2.34. The summed E-state index contributed by atoms with van der Waals surface area (Å²) in [6.07, 6.45) is 8.79. The van der Waals surface area contributed by atoms with E-state index in [1.807, 2.05) is 50.1 Å². The molecule has 40 heavy (non-hydrogen) atoms. The summed E-state index contributed by atoms with van der Waals surface area (Å²) in [6.45, 7) is 6.93. The number of nitrogens with zero attached hydrogens (tertiary/aromatic N) is 2. The Morgan fingerprint density at radius 3 is 2.52 bits per heavy atom. The van der Waals surface area contributed by atoms with Crippen LogP contribution in [0.2, 0.25) is 0 Å². The Morgan fingerprint density at radius 2 is 1.80 bits per heavy atom. The Hall–Kier alpha value is -2.74. The number of Topliss-reactive ketones (excluding diaryl/α,β-unsaturated/α-hetero) is 1. The van der Waals surface area contributed by atoms with Crippen LogP contribution < -0.4 is 10.6 Å². The summed E-state index contributed by atoms with van der Waals surface area (Å²) in [6, 6.07) is 7.29. The van der Waals surface area contributed by atoms with Gasteiger partial charge < -0.3 is 20.4 Å². The topological polar surface area (TPSA) is 98.8 Å². The Balaban J connectivity index is 0.00000308. The number of carbonyl (C=O) groups is 4. The van der Waals surface area contributed by atoms with Gasteiger partial charge in [-0.3, -0.25) is 19.2 Å². The first kappa shape index (κ1) is 30.2. The van der Waals surface area contributed by atoms with E-state index in [1.54, 1.807) is 4.90 Å². The molecule has 2 aliphatic heterocycles. The zero-order chi connectivity index (χ0) is 28.6. The molecular formula is C32H52N4O4. The molecule has 1 aromatic carbocycles. The fraction of sp³-hybridized carbons (Fsp3) is 0.688. The van der Waals surface area contributed by atoms with Crippen molar-refractivity contribution in [2.45, 2.75) is 83.6 Å². The molecule has 3 aliphatic rings. The van der Waals surface area contributed by atoms with E-state index in [9.17, 15) is 19.2 Å². The summed E-state index contributed by atoms with van der Waals surface area (Å²) >= 11 is 0. The lowest BCUT2D eigenvalue weighted by atomic mass is 9.80. The van der Waals surface area contributed by atoms with Crippen molar-refractivity contribution in [1.82, 2.24) is 20.4 Å². The first-order chi connectivity index (χ1) is 19.2. The highest BCUT2D eigenvalue weighted by Gasteiger charge is 2.33. The van der Waals surface area contributed by atoms with Crippen LogP contribution in [-0.4, -0.2) is 79.1 Å². The van der Waals surface area contributed by atoms with E-state index < -0.39 is 6.04 Å². The van der Waals surface area contributed by atoms with Gasteiger partial charge in [0.25, 0.3) is 5.91 Å². The molecule has 3 amide bonds. The minimum absolute atomic E-state index is 0. The summed E-state index contributed by atoms with van der Waals surface area (Å²) in [5.74, 6) is 0.737. The largest absolute Gasteiger partial charge is 0.346 e. The molecule has 3 atom stereocenters. The van der Waals surface area contributed by atoms with Crippen molar-refractivity contribution in [2.75, 3.05) is 39.8 Å². The predicted octanol–water partition coefficient (Wildman–Crippen LogP) is 4.25. The number of likely N-dealkylation sites (tertiary alicyclic amines) is 2. The van der Waals surface area contributed by atoms with Crippen molar-refractivity contribution >= 4 is 23.5 Å². The first-order valence-corrected chi connectivity index (χ1v) is 15.4. The van der Waals surface area contributed by atoms with Gasteiger partial charge in [0.05, 0.1) is 12.6 Å². The van der Waals surface area contributed by atoms with E-state index in [1.165, 1.54) is 6.42 Å². The minimum Gasteiger partial charge on any atom is -0.346 e. The molecule has 0 radical (unpaired) electrons. The second-order valence-corrected chi connectivity index (χ2v) is 12.5. The van der Waals surface area contributed by atoms with Gasteiger partial charge in [-0.05, 0) is 68.2 Å². The van der Waals surface area contributed by atoms with Gasteiger partial charge >= 0.3 is 0 Å². The third kappa shape index (κ3) is 7.93. The molecular weight excluding hydrogens is 504 g/mol. The van der Waals surface area contributed by atoms with Crippen LogP contribution in [0.5, 0.6) is 0 Å². The van der Waals surface area contributed by atoms with E-state index >= 15 is 0 Å². The molecule has 4 rings (SSSR count). The summed E-state index contributed by atoms with van der Waals surface area (Å²) in [5, 5.41) is 6.40. The Bertz CT molecular complexity index is 1060. The third-order valence-corrected chi connectivity index (χ3v) is 9.15. The molecule has 3 fully saturated rings. The number of hydrogen-bond donors (Lipinski definition) is 2. The van der Waals surface area contributed by atoms with Gasteiger partial charge in [-0.15, -0.1) is 0 Å². The normalized spacial score (nSPS) is 23.2. The maximum atomic E-state index is 13.4. The highest BCUT2D eigenvalue weighted by Crippen LogP contribution is 2.30. The maximum absolute atomic E-state index is 13.4. The molecule has 1 aromatic rings. The van der Waals surface area contributed by atoms with Gasteiger partial charge in [0, 0.05) is 53.4 Å². The zero-order valence-corrected chi connectivity index (χ0v) is 24.6. The molecule has 0 aromatic heterocycles. The first-order valence-electron chi connectivity index (χ1n) is 15.4. The molecule has 2 heterocycles. The average Bonchev–Trinajstić information content (AvgIpc) is 2.97. The number of hydrogen-bond acceptors (Lipinski definition) is 5. The second kappa shape index (κ2) is 14.2. The molecule has 224 valence electrons. The van der Waals surface area contributed by atoms with E-state index in [0.717, 1.165) is 63.6 Å². The fourth-order valence-corrected chi connectivity index (χ4v) is 6.56. The van der Waals surface area contributed by atoms with Crippen LogP contribution in [0.3, 0.4) is 0 Å². The van der Waals surface area contributed by atoms with Crippen LogP contribution in [0.1, 0.15) is 96.3 Å². The molecule has 8 heteroatoms. The van der Waals surface area contributed by atoms with Crippen LogP contribution in [-0.2, 0) is 14.4 Å². The number of benzene rings is 1. The molecule has 1 saturated carbocycles. The number of piperidine rings is 2. The molecule has 1 aliphatic carbocycles. The van der Waals surface area contributed by atoms with E-state index in [-0.39, 0.29) is 56.6 Å². The minimum atomic E-state index is -0.431. The highest BCUT2D eigenvalue weighted by atomic mass is 16.2. The summed E-state index contributed by atoms with van der Waals surface area (Å²) in [7, 11) is 1.84. The molecule has 2 unspecified atom stereocenters. The lowest BCUT2D eigenvalue weighted by Crippen LogP contribution is -2.48. The van der Waals surface area contributed by atoms with E-state index in [2.05, 4.69) is 10.6 Å². The van der Waals surface area contributed by atoms with Crippen molar-refractivity contribution in [3.05, 3.63) is 35.4 Å². The number of carbonyl (C=O) groups excluding carboxylic acids is 4. The zero-order valence-electron chi connectivity index (χ0n) is 24.6. The number of rotatable bonds is 10. The lowest BCUT2D eigenvalue weighted by molar-refractivity contribution is -0.133. The second-order valence-electron chi connectivity index (χ2n) is 12.5. The molecule has 2 saturated heterocycles. The predicted molar refractivity (Wildman–Crippen MR) is 160 cm³/mol. The average molecular weight is 557 g/mol. The van der Waals surface area contributed by atoms with E-state index in [0.29, 0.717) is 25.1 Å². The van der Waals surface area contributed by atoms with Crippen LogP contribution >= 0.6 is 0 Å². The fourth-order valence-electron chi connectivity index (χ4n) is 6.56. The van der Waals surface area contributed by atoms with Gasteiger partial charge in [-0.2, -0.15) is 0 Å². The van der Waals surface area contributed by atoms with Crippen molar-refractivity contribution in [3.63, 3.8) is 0 Å². The SMILES string of the molecule is CC(C)C(=O)[C@H](NC(=O)c1cccc(C2CCCN(C(=O)CNCC3CCN(C)C(=O)C3)C2)c1)C1CCCCC1.[HH].[HH]. The van der Waals surface area contributed by atoms with Crippen LogP contribution in [0.4, 0.5) is 0 Å². The van der Waals surface area contributed by atoms with Gasteiger partial charge in [-0.25, -0.2) is 0 Å². The molecule has 0 bridgehead atoms. The van der Waals surface area contributed by atoms with Crippen molar-refractivity contribution in [1.29, 1.82) is 0 Å². The monoisotopic (exact) mass is 556 g/mol. The summed E-state index contributed by atoms with van der Waals surface area (Å²) in [5.41, 5.74) is 1.64. The summed E-state index contributed by atoms with van der Waals surface area (Å²) < 4.78 is 0. The number of ketones is 1. The Kier molecular flexibility index (Phi) is 10.8. The van der Waals surface area contributed by atoms with Crippen molar-refractivity contribution in [2.24, 2.45) is 17.8 Å². The van der Waals surface area contributed by atoms with Crippen LogP contribution in [0, 0.1) is 17.8 Å². The van der Waals surface area contributed by atoms with Gasteiger partial charge in [0.1, 0.15) is 0 Å². The van der Waals surface area contributed by atoms with Gasteiger partial charge in [0.2, 0.25) is 11.8 Å². The smallest absolute Gasteiger partial charge is 0.251 e. The van der Waals surface area contributed by atoms with E-state index in [4.69, 9.17) is 0 Å². The molecule has 8 nitrogen and oxygen atoms in total. The van der Waals surface area contributed by atoms with Crippen LogP contribution in [0.15, 0.2) is 24.3 Å². The molecule has 0 spiro atoms. The van der Waals surface area contributed by atoms with Gasteiger partial charge in [0.15, 0.2) is 5.78 Å². The van der Waals surface area contributed by atoms with Crippen molar-refractivity contribution < 1.29 is 22.0 Å². The maximum Gasteiger partial charge on any atom is 0.251 e. The summed E-state index contributed by atoms with van der Waals surface area (Å²) in [4.78, 5) is 55.0. The Labute approximate surface area is 242 Å². The van der Waals surface area contributed by atoms with Gasteiger partial charge in [-0.1, -0.05) is 45.2 Å². The Morgan fingerprint density at radius 1 is 1.02 bits per heavy atom.